The lowest BCUT2D eigenvalue weighted by molar-refractivity contribution is -0.151. The van der Waals surface area contributed by atoms with Crippen LogP contribution >= 0.6 is 0 Å². The van der Waals surface area contributed by atoms with Gasteiger partial charge in [0, 0.05) is 18.8 Å². The number of nitrogens with one attached hydrogen (secondary N) is 3. The molecule has 0 saturated carbocycles. The van der Waals surface area contributed by atoms with Crippen molar-refractivity contribution in [3.63, 3.8) is 0 Å². The van der Waals surface area contributed by atoms with Crippen LogP contribution in [0.1, 0.15) is 37.0 Å². The third-order valence-corrected chi connectivity index (χ3v) is 3.15. The van der Waals surface area contributed by atoms with Gasteiger partial charge >= 0.3 is 5.97 Å². The van der Waals surface area contributed by atoms with Crippen molar-refractivity contribution in [2.75, 3.05) is 6.54 Å². The number of amides is 2. The molecule has 0 aliphatic rings. The van der Waals surface area contributed by atoms with Gasteiger partial charge in [-0.15, -0.1) is 0 Å². The zero-order chi connectivity index (χ0) is 19.5. The molecule has 9 nitrogen and oxygen atoms in total. The number of ketones is 1. The fourth-order valence-corrected chi connectivity index (χ4v) is 1.93. The molecule has 0 saturated heterocycles. The molecule has 1 atom stereocenters. The Bertz CT molecular complexity index is 660. The molecule has 0 aliphatic heterocycles. The molecule has 1 unspecified atom stereocenters. The molecule has 0 radical (unpaired) electrons. The summed E-state index contributed by atoms with van der Waals surface area (Å²) in [5.74, 6) is -2.22. The summed E-state index contributed by atoms with van der Waals surface area (Å²) in [6.07, 6.45) is 3.07. The van der Waals surface area contributed by atoms with E-state index in [9.17, 15) is 19.2 Å². The van der Waals surface area contributed by atoms with Crippen LogP contribution in [0.5, 0.6) is 0 Å². The molecule has 1 rings (SSSR count). The Balaban J connectivity index is 2.59. The fraction of sp³-hybridized carbons (Fsp3) is 0.412. The van der Waals surface area contributed by atoms with Gasteiger partial charge in [-0.1, -0.05) is 0 Å². The average Bonchev–Trinajstić information content (AvgIpc) is 2.62. The number of carbonyl (C=O) groups excluding carboxylic acids is 4. The minimum atomic E-state index is -1.04. The fourth-order valence-electron chi connectivity index (χ4n) is 1.93. The van der Waals surface area contributed by atoms with Gasteiger partial charge in [0.15, 0.2) is 5.78 Å². The second kappa shape index (κ2) is 10.7. The highest BCUT2D eigenvalue weighted by atomic mass is 16.5. The number of esters is 1. The van der Waals surface area contributed by atoms with Crippen molar-refractivity contribution in [2.24, 2.45) is 0 Å². The summed E-state index contributed by atoms with van der Waals surface area (Å²) in [6, 6.07) is 2.10. The highest BCUT2D eigenvalue weighted by Gasteiger charge is 2.24. The summed E-state index contributed by atoms with van der Waals surface area (Å²) >= 11 is 0. The molecule has 1 heterocycles. The lowest BCUT2D eigenvalue weighted by Crippen LogP contribution is -2.46. The number of hydrogen-bond acceptors (Lipinski definition) is 7. The smallest absolute Gasteiger partial charge is 0.328 e. The molecule has 3 N–H and O–H groups in total. The number of aromatic nitrogens is 1. The Kier molecular flexibility index (Phi) is 8.62. The molecule has 0 fully saturated rings. The second-order valence-corrected chi connectivity index (χ2v) is 5.68. The van der Waals surface area contributed by atoms with Gasteiger partial charge in [-0.2, -0.15) is 0 Å². The maximum absolute atomic E-state index is 12.0. The van der Waals surface area contributed by atoms with Crippen LogP contribution in [-0.4, -0.2) is 53.5 Å². The predicted octanol–water partition coefficient (Wildman–Crippen LogP) is 0.247. The third kappa shape index (κ3) is 7.65. The largest absolute Gasteiger partial charge is 0.461 e. The van der Waals surface area contributed by atoms with Crippen LogP contribution in [0, 0.1) is 5.41 Å². The van der Waals surface area contributed by atoms with Crippen LogP contribution in [0.15, 0.2) is 24.5 Å². The van der Waals surface area contributed by atoms with Crippen LogP contribution in [0.25, 0.3) is 0 Å². The van der Waals surface area contributed by atoms with Gasteiger partial charge in [-0.25, -0.2) is 4.79 Å². The van der Waals surface area contributed by atoms with E-state index in [0.29, 0.717) is 11.8 Å². The lowest BCUT2D eigenvalue weighted by Gasteiger charge is -2.19. The van der Waals surface area contributed by atoms with Gasteiger partial charge in [0.2, 0.25) is 5.91 Å². The van der Waals surface area contributed by atoms with Crippen molar-refractivity contribution >= 4 is 29.8 Å². The Morgan fingerprint density at radius 2 is 2.04 bits per heavy atom. The van der Waals surface area contributed by atoms with E-state index in [0.717, 1.165) is 0 Å². The SMILES string of the molecule is CC(C)OC(=O)C(CCC(=O)C=N)NC(=O)CNC(=O)c1cccnc1. The first kappa shape index (κ1) is 20.9. The molecule has 1 aromatic rings. The molecule has 0 spiro atoms. The minimum Gasteiger partial charge on any atom is -0.461 e. The van der Waals surface area contributed by atoms with E-state index >= 15 is 0 Å². The van der Waals surface area contributed by atoms with Crippen LogP contribution in [0.4, 0.5) is 0 Å². The number of ether oxygens (including phenoxy) is 1. The average molecular weight is 362 g/mol. The highest BCUT2D eigenvalue weighted by Crippen LogP contribution is 2.03. The molecule has 26 heavy (non-hydrogen) atoms. The molecule has 1 aromatic heterocycles. The van der Waals surface area contributed by atoms with Crippen LogP contribution in [-0.2, 0) is 19.1 Å². The van der Waals surface area contributed by atoms with Gasteiger partial charge < -0.3 is 20.8 Å². The van der Waals surface area contributed by atoms with Crippen LogP contribution in [0.2, 0.25) is 0 Å². The molecule has 0 aromatic carbocycles. The molecule has 0 aliphatic carbocycles. The van der Waals surface area contributed by atoms with E-state index < -0.39 is 29.6 Å². The van der Waals surface area contributed by atoms with Crippen LogP contribution in [0.3, 0.4) is 0 Å². The molecular weight excluding hydrogens is 340 g/mol. The van der Waals surface area contributed by atoms with E-state index in [2.05, 4.69) is 15.6 Å². The minimum absolute atomic E-state index is 0.00204. The second-order valence-electron chi connectivity index (χ2n) is 5.68. The zero-order valence-electron chi connectivity index (χ0n) is 14.7. The monoisotopic (exact) mass is 362 g/mol. The quantitative estimate of drug-likeness (QED) is 0.403. The topological polar surface area (TPSA) is 138 Å². The maximum atomic E-state index is 12.0. The predicted molar refractivity (Wildman–Crippen MR) is 92.8 cm³/mol. The zero-order valence-corrected chi connectivity index (χ0v) is 14.7. The normalized spacial score (nSPS) is 11.3. The van der Waals surface area contributed by atoms with Crippen LogP contribution < -0.4 is 10.6 Å². The Morgan fingerprint density at radius 3 is 2.62 bits per heavy atom. The molecule has 2 amide bonds. The Labute approximate surface area is 151 Å². The number of pyridine rings is 1. The lowest BCUT2D eigenvalue weighted by atomic mass is 10.1. The van der Waals surface area contributed by atoms with Crippen molar-refractivity contribution in [3.05, 3.63) is 30.1 Å². The van der Waals surface area contributed by atoms with Crippen molar-refractivity contribution in [3.8, 4) is 0 Å². The molecular formula is C17H22N4O5. The summed E-state index contributed by atoms with van der Waals surface area (Å²) < 4.78 is 5.06. The standard InChI is InChI=1S/C17H22N4O5/c1-11(2)26-17(25)14(6-5-13(22)8-18)21-15(23)10-20-16(24)12-4-3-7-19-9-12/h3-4,7-9,11,14,18H,5-6,10H2,1-2H3,(H,20,24)(H,21,23). The van der Waals surface area contributed by atoms with Crippen molar-refractivity contribution in [1.29, 1.82) is 5.41 Å². The van der Waals surface area contributed by atoms with Gasteiger partial charge in [0.05, 0.1) is 24.4 Å². The van der Waals surface area contributed by atoms with Crippen molar-refractivity contribution < 1.29 is 23.9 Å². The number of Topliss-reactive ketones (excluding diaryl/α,β-unsaturated/α-hetero) is 1. The summed E-state index contributed by atoms with van der Waals surface area (Å²) in [4.78, 5) is 51.0. The first-order chi connectivity index (χ1) is 12.3. The van der Waals surface area contributed by atoms with Gasteiger partial charge in [0.1, 0.15) is 6.04 Å². The summed E-state index contributed by atoms with van der Waals surface area (Å²) in [6.45, 7) is 2.97. The Morgan fingerprint density at radius 1 is 1.31 bits per heavy atom. The van der Waals surface area contributed by atoms with E-state index in [4.69, 9.17) is 10.1 Å². The van der Waals surface area contributed by atoms with Gasteiger partial charge in [-0.3, -0.25) is 19.4 Å². The van der Waals surface area contributed by atoms with E-state index in [1.807, 2.05) is 0 Å². The van der Waals surface area contributed by atoms with E-state index in [1.54, 1.807) is 26.0 Å². The maximum Gasteiger partial charge on any atom is 0.328 e. The summed E-state index contributed by atoms with van der Waals surface area (Å²) in [5, 5.41) is 11.7. The highest BCUT2D eigenvalue weighted by molar-refractivity contribution is 6.26. The molecule has 0 bridgehead atoms. The van der Waals surface area contributed by atoms with Crippen molar-refractivity contribution in [1.82, 2.24) is 15.6 Å². The summed E-state index contributed by atoms with van der Waals surface area (Å²) in [7, 11) is 0. The van der Waals surface area contributed by atoms with E-state index in [-0.39, 0.29) is 25.5 Å². The van der Waals surface area contributed by atoms with Crippen molar-refractivity contribution in [2.45, 2.75) is 38.8 Å². The molecule has 140 valence electrons. The number of carbonyl (C=O) groups is 4. The third-order valence-electron chi connectivity index (χ3n) is 3.15. The number of rotatable bonds is 10. The molecule has 9 heteroatoms. The number of hydrogen-bond donors (Lipinski definition) is 3. The summed E-state index contributed by atoms with van der Waals surface area (Å²) in [5.41, 5.74) is 0.299. The number of nitrogens with zero attached hydrogens (tertiary/aromatic N) is 1. The van der Waals surface area contributed by atoms with Gasteiger partial charge in [0.25, 0.3) is 5.91 Å². The first-order valence-corrected chi connectivity index (χ1v) is 8.05. The van der Waals surface area contributed by atoms with Gasteiger partial charge in [-0.05, 0) is 32.4 Å². The first-order valence-electron chi connectivity index (χ1n) is 8.05. The van der Waals surface area contributed by atoms with E-state index in [1.165, 1.54) is 12.4 Å². The Hall–Kier alpha value is -3.10.